The molecule has 2 N–H and O–H groups in total. The highest BCUT2D eigenvalue weighted by atomic mass is 32.2. The molecule has 1 fully saturated rings. The summed E-state index contributed by atoms with van der Waals surface area (Å²) in [5, 5.41) is 4.12. The summed E-state index contributed by atoms with van der Waals surface area (Å²) in [6.45, 7) is 10.5. The number of anilines is 2. The second-order valence-electron chi connectivity index (χ2n) is 10.3. The van der Waals surface area contributed by atoms with Crippen LogP contribution >= 0.6 is 12.2 Å². The van der Waals surface area contributed by atoms with Crippen LogP contribution in [0.3, 0.4) is 0 Å². The number of hydrogen-bond donors (Lipinski definition) is 2. The lowest BCUT2D eigenvalue weighted by Crippen LogP contribution is -2.29. The van der Waals surface area contributed by atoms with Crippen molar-refractivity contribution >= 4 is 38.7 Å². The van der Waals surface area contributed by atoms with Crippen molar-refractivity contribution in [2.75, 3.05) is 15.9 Å². The van der Waals surface area contributed by atoms with Crippen molar-refractivity contribution in [1.29, 1.82) is 0 Å². The van der Waals surface area contributed by atoms with Gasteiger partial charge in [0.2, 0.25) is 10.0 Å². The number of nitrogens with zero attached hydrogens (tertiary/aromatic N) is 3. The van der Waals surface area contributed by atoms with Crippen LogP contribution in [0.25, 0.3) is 5.69 Å². The number of nitrogens with one attached hydrogen (secondary N) is 2. The average Bonchev–Trinajstić information content (AvgIpc) is 3.37. The van der Waals surface area contributed by atoms with E-state index in [0.29, 0.717) is 10.8 Å². The molecule has 0 spiro atoms. The molecule has 2 atom stereocenters. The number of thiocarbonyl (C=S) groups is 1. The molecule has 0 saturated carbocycles. The van der Waals surface area contributed by atoms with Crippen LogP contribution in [0.1, 0.15) is 51.4 Å². The Labute approximate surface area is 235 Å². The highest BCUT2D eigenvalue weighted by Gasteiger charge is 2.42. The van der Waals surface area contributed by atoms with E-state index < -0.39 is 10.0 Å². The summed E-state index contributed by atoms with van der Waals surface area (Å²) in [6.07, 6.45) is 2.95. The van der Waals surface area contributed by atoms with Crippen molar-refractivity contribution in [2.45, 2.75) is 46.7 Å². The molecule has 3 heterocycles. The molecule has 0 unspecified atom stereocenters. The largest absolute Gasteiger partial charge is 0.351 e. The maximum atomic E-state index is 11.9. The fraction of sp³-hybridized carbons (Fsp3) is 0.267. The third-order valence-electron chi connectivity index (χ3n) is 7.49. The molecule has 0 bridgehead atoms. The van der Waals surface area contributed by atoms with E-state index in [2.05, 4.69) is 76.5 Å². The van der Waals surface area contributed by atoms with Crippen molar-refractivity contribution in [1.82, 2.24) is 14.9 Å². The lowest BCUT2D eigenvalue weighted by Gasteiger charge is -2.29. The van der Waals surface area contributed by atoms with E-state index in [-0.39, 0.29) is 12.1 Å². The number of hydrogen-bond acceptors (Lipinski definition) is 4. The zero-order valence-electron chi connectivity index (χ0n) is 23.0. The maximum absolute atomic E-state index is 11.9. The van der Waals surface area contributed by atoms with E-state index in [4.69, 9.17) is 12.2 Å². The van der Waals surface area contributed by atoms with Gasteiger partial charge >= 0.3 is 0 Å². The Hall–Kier alpha value is -3.69. The van der Waals surface area contributed by atoms with Crippen molar-refractivity contribution in [3.05, 3.63) is 106 Å². The predicted molar refractivity (Wildman–Crippen MR) is 162 cm³/mol. The number of rotatable bonds is 6. The topological polar surface area (TPSA) is 79.3 Å². The molecule has 1 aliphatic heterocycles. The van der Waals surface area contributed by atoms with Crippen LogP contribution in [0, 0.1) is 34.6 Å². The van der Waals surface area contributed by atoms with Gasteiger partial charge in [0.05, 0.1) is 29.7 Å². The van der Waals surface area contributed by atoms with Gasteiger partial charge in [0.25, 0.3) is 0 Å². The van der Waals surface area contributed by atoms with Crippen molar-refractivity contribution in [3.8, 4) is 5.69 Å². The Kier molecular flexibility index (Phi) is 6.99. The van der Waals surface area contributed by atoms with Crippen LogP contribution in [-0.4, -0.2) is 29.3 Å². The van der Waals surface area contributed by atoms with Crippen molar-refractivity contribution < 1.29 is 8.42 Å². The molecule has 202 valence electrons. The minimum absolute atomic E-state index is 0.175. The molecular weight excluding hydrogens is 526 g/mol. The maximum Gasteiger partial charge on any atom is 0.229 e. The monoisotopic (exact) mass is 559 g/mol. The summed E-state index contributed by atoms with van der Waals surface area (Å²) in [5.41, 5.74) is 10.2. The van der Waals surface area contributed by atoms with Crippen molar-refractivity contribution in [2.24, 2.45) is 0 Å². The fourth-order valence-electron chi connectivity index (χ4n) is 5.50. The highest BCUT2D eigenvalue weighted by Crippen LogP contribution is 2.44. The highest BCUT2D eigenvalue weighted by molar-refractivity contribution is 7.92. The Balaban J connectivity index is 1.67. The van der Waals surface area contributed by atoms with Crippen molar-refractivity contribution in [3.63, 3.8) is 0 Å². The zero-order chi connectivity index (χ0) is 28.1. The van der Waals surface area contributed by atoms with Gasteiger partial charge in [-0.25, -0.2) is 8.42 Å². The number of pyridine rings is 1. The number of aryl methyl sites for hydroxylation is 3. The van der Waals surface area contributed by atoms with E-state index in [1.54, 1.807) is 12.3 Å². The average molecular weight is 560 g/mol. The van der Waals surface area contributed by atoms with Crippen LogP contribution < -0.4 is 14.9 Å². The van der Waals surface area contributed by atoms with E-state index in [1.807, 2.05) is 37.3 Å². The second kappa shape index (κ2) is 10.1. The van der Waals surface area contributed by atoms with Gasteiger partial charge < -0.3 is 14.8 Å². The van der Waals surface area contributed by atoms with Gasteiger partial charge in [-0.3, -0.25) is 9.71 Å². The van der Waals surface area contributed by atoms with Gasteiger partial charge in [-0.15, -0.1) is 0 Å². The first-order valence-electron chi connectivity index (χ1n) is 12.8. The molecule has 0 aliphatic carbocycles. The third-order valence-corrected chi connectivity index (χ3v) is 8.39. The zero-order valence-corrected chi connectivity index (χ0v) is 24.6. The lowest BCUT2D eigenvalue weighted by atomic mass is 9.96. The predicted octanol–water partition coefficient (Wildman–Crippen LogP) is 5.96. The summed E-state index contributed by atoms with van der Waals surface area (Å²) in [5.74, 6) is 0. The summed E-state index contributed by atoms with van der Waals surface area (Å²) in [4.78, 5) is 6.81. The van der Waals surface area contributed by atoms with E-state index in [9.17, 15) is 8.42 Å². The Morgan fingerprint density at radius 2 is 1.72 bits per heavy atom. The number of sulfonamides is 1. The summed E-state index contributed by atoms with van der Waals surface area (Å²) >= 11 is 5.92. The molecule has 1 saturated heterocycles. The second-order valence-corrected chi connectivity index (χ2v) is 12.4. The summed E-state index contributed by atoms with van der Waals surface area (Å²) in [7, 11) is -3.39. The normalized spacial score (nSPS) is 17.4. The summed E-state index contributed by atoms with van der Waals surface area (Å²) in [6, 6.07) is 19.9. The minimum atomic E-state index is -3.39. The molecule has 0 amide bonds. The molecule has 4 aromatic rings. The van der Waals surface area contributed by atoms with Crippen LogP contribution in [0.2, 0.25) is 0 Å². The Morgan fingerprint density at radius 1 is 0.949 bits per heavy atom. The van der Waals surface area contributed by atoms with Crippen LogP contribution in [0.5, 0.6) is 0 Å². The molecule has 2 aromatic heterocycles. The van der Waals surface area contributed by atoms with Gasteiger partial charge in [0, 0.05) is 29.0 Å². The minimum Gasteiger partial charge on any atom is -0.351 e. The van der Waals surface area contributed by atoms with Gasteiger partial charge in [0.1, 0.15) is 0 Å². The molecule has 0 radical (unpaired) electrons. The molecule has 39 heavy (non-hydrogen) atoms. The smallest absolute Gasteiger partial charge is 0.229 e. The molecule has 7 nitrogen and oxygen atoms in total. The van der Waals surface area contributed by atoms with E-state index in [1.165, 1.54) is 11.1 Å². The fourth-order valence-corrected chi connectivity index (χ4v) is 6.47. The standard InChI is InChI=1S/C30H33N5O2S2/c1-18-10-9-12-27(21(18)4)34-20(3)17-24(22(34)5)29-28(26-11-7-8-15-31-26)32-30(38)35(29)23-13-14-25(19(2)16-23)33-39(6,36)37/h7-17,28-29,33H,1-6H3,(H,32,38)/t28-,29+/m1/s1. The number of aromatic nitrogens is 2. The van der Waals surface area contributed by atoms with Crippen LogP contribution in [-0.2, 0) is 10.0 Å². The molecule has 2 aromatic carbocycles. The Bertz CT molecular complexity index is 1680. The quantitative estimate of drug-likeness (QED) is 0.284. The van der Waals surface area contributed by atoms with Gasteiger partial charge in [-0.2, -0.15) is 0 Å². The van der Waals surface area contributed by atoms with Crippen LogP contribution in [0.15, 0.2) is 66.9 Å². The van der Waals surface area contributed by atoms with Crippen LogP contribution in [0.4, 0.5) is 11.4 Å². The van der Waals surface area contributed by atoms with Gasteiger partial charge in [0.15, 0.2) is 5.11 Å². The van der Waals surface area contributed by atoms with Gasteiger partial charge in [-0.05, 0) is 112 Å². The third kappa shape index (κ3) is 5.04. The SMILES string of the molecule is Cc1cc(N2C(=S)N[C@H](c3ccccn3)[C@@H]2c2cc(C)n(-c3cccc(C)c3C)c2C)ccc1NS(C)(=O)=O. The number of benzene rings is 2. The first kappa shape index (κ1) is 26.9. The van der Waals surface area contributed by atoms with Gasteiger partial charge in [-0.1, -0.05) is 18.2 Å². The van der Waals surface area contributed by atoms with E-state index >= 15 is 0 Å². The molecule has 9 heteroatoms. The molecule has 1 aliphatic rings. The Morgan fingerprint density at radius 3 is 2.38 bits per heavy atom. The molecule has 5 rings (SSSR count). The molecular formula is C30H33N5O2S2. The lowest BCUT2D eigenvalue weighted by molar-refractivity contribution is 0.565. The first-order chi connectivity index (χ1) is 18.5. The summed E-state index contributed by atoms with van der Waals surface area (Å²) < 4.78 is 28.6. The van der Waals surface area contributed by atoms with E-state index in [0.717, 1.165) is 45.8 Å². The first-order valence-corrected chi connectivity index (χ1v) is 15.1.